The summed E-state index contributed by atoms with van der Waals surface area (Å²) in [5, 5.41) is 5.66. The van der Waals surface area contributed by atoms with Crippen LogP contribution < -0.4 is 10.6 Å². The van der Waals surface area contributed by atoms with Crippen LogP contribution in [0.5, 0.6) is 0 Å². The molecule has 2 heterocycles. The topological polar surface area (TPSA) is 80.3 Å². The Labute approximate surface area is 153 Å². The van der Waals surface area contributed by atoms with Gasteiger partial charge in [-0.15, -0.1) is 0 Å². The molecule has 0 bridgehead atoms. The van der Waals surface area contributed by atoms with Crippen LogP contribution in [0.1, 0.15) is 44.9 Å². The van der Waals surface area contributed by atoms with Crippen molar-refractivity contribution in [3.63, 3.8) is 0 Å². The van der Waals surface area contributed by atoms with Crippen LogP contribution in [0.25, 0.3) is 0 Å². The molecule has 0 radical (unpaired) electrons. The Hall–Kier alpha value is -2.73. The quantitative estimate of drug-likeness (QED) is 0.866. The molecule has 1 aliphatic rings. The average molecular weight is 353 g/mol. The number of hydrogen-bond acceptors (Lipinski definition) is 4. The molecule has 2 amide bonds. The van der Waals surface area contributed by atoms with E-state index in [1.54, 1.807) is 18.2 Å². The number of amides is 2. The molecule has 1 unspecified atom stereocenters. The largest absolute Gasteiger partial charge is 0.376 e. The molecule has 1 fully saturated rings. The number of ether oxygens (including phenoxy) is 1. The smallest absolute Gasteiger partial charge is 0.274 e. The minimum absolute atomic E-state index is 0.0648. The highest BCUT2D eigenvalue weighted by molar-refractivity contribution is 6.04. The molecule has 6 heteroatoms. The Morgan fingerprint density at radius 2 is 1.92 bits per heavy atom. The van der Waals surface area contributed by atoms with Crippen LogP contribution >= 0.6 is 0 Å². The normalized spacial score (nSPS) is 16.3. The Morgan fingerprint density at radius 1 is 1.15 bits per heavy atom. The van der Waals surface area contributed by atoms with Gasteiger partial charge in [-0.3, -0.25) is 9.59 Å². The van der Waals surface area contributed by atoms with Gasteiger partial charge in [0.2, 0.25) is 0 Å². The molecule has 0 saturated carbocycles. The van der Waals surface area contributed by atoms with Crippen LogP contribution in [-0.2, 0) is 4.74 Å². The zero-order valence-electron chi connectivity index (χ0n) is 15.0. The Balaban J connectivity index is 1.65. The third kappa shape index (κ3) is 4.46. The minimum atomic E-state index is -0.342. The number of pyridine rings is 1. The number of nitrogens with one attached hydrogen (secondary N) is 2. The highest BCUT2D eigenvalue weighted by Crippen LogP contribution is 2.17. The van der Waals surface area contributed by atoms with E-state index >= 15 is 0 Å². The van der Waals surface area contributed by atoms with Crippen molar-refractivity contribution in [1.82, 2.24) is 10.3 Å². The highest BCUT2D eigenvalue weighted by Gasteiger charge is 2.18. The van der Waals surface area contributed by atoms with Gasteiger partial charge in [-0.2, -0.15) is 0 Å². The van der Waals surface area contributed by atoms with Crippen LogP contribution in [0.4, 0.5) is 5.69 Å². The summed E-state index contributed by atoms with van der Waals surface area (Å²) < 4.78 is 5.49. The molecule has 2 aromatic rings. The van der Waals surface area contributed by atoms with Gasteiger partial charge in [0, 0.05) is 18.8 Å². The van der Waals surface area contributed by atoms with Crippen molar-refractivity contribution in [2.75, 3.05) is 18.5 Å². The number of benzene rings is 1. The molecule has 136 valence electrons. The monoisotopic (exact) mass is 353 g/mol. The fraction of sp³-hybridized carbons (Fsp3) is 0.350. The first-order valence-corrected chi connectivity index (χ1v) is 8.78. The summed E-state index contributed by atoms with van der Waals surface area (Å²) in [5.74, 6) is -0.646. The summed E-state index contributed by atoms with van der Waals surface area (Å²) in [4.78, 5) is 28.9. The summed E-state index contributed by atoms with van der Waals surface area (Å²) in [6.45, 7) is 5.14. The SMILES string of the molecule is Cc1ccc(NC(=O)c2cccc(C(=O)NCC3CCCO3)n2)c(C)c1. The second kappa shape index (κ2) is 8.10. The van der Waals surface area contributed by atoms with Crippen molar-refractivity contribution < 1.29 is 14.3 Å². The van der Waals surface area contributed by atoms with Gasteiger partial charge in [0.1, 0.15) is 11.4 Å². The minimum Gasteiger partial charge on any atom is -0.376 e. The van der Waals surface area contributed by atoms with Crippen molar-refractivity contribution >= 4 is 17.5 Å². The van der Waals surface area contributed by atoms with Gasteiger partial charge in [-0.1, -0.05) is 23.8 Å². The molecule has 1 saturated heterocycles. The van der Waals surface area contributed by atoms with Gasteiger partial charge in [0.15, 0.2) is 0 Å². The fourth-order valence-corrected chi connectivity index (χ4v) is 2.93. The van der Waals surface area contributed by atoms with Crippen molar-refractivity contribution in [3.8, 4) is 0 Å². The van der Waals surface area contributed by atoms with E-state index < -0.39 is 0 Å². The van der Waals surface area contributed by atoms with E-state index in [1.165, 1.54) is 0 Å². The first-order valence-electron chi connectivity index (χ1n) is 8.78. The molecule has 0 spiro atoms. The van der Waals surface area contributed by atoms with E-state index in [0.717, 1.165) is 36.3 Å². The van der Waals surface area contributed by atoms with E-state index in [0.29, 0.717) is 6.54 Å². The Bertz CT molecular complexity index is 814. The molecular weight excluding hydrogens is 330 g/mol. The lowest BCUT2D eigenvalue weighted by molar-refractivity contribution is 0.0853. The first kappa shape index (κ1) is 18.1. The summed E-state index contributed by atoms with van der Waals surface area (Å²) in [6, 6.07) is 10.6. The molecule has 26 heavy (non-hydrogen) atoms. The lowest BCUT2D eigenvalue weighted by Gasteiger charge is -2.11. The lowest BCUT2D eigenvalue weighted by Crippen LogP contribution is -2.32. The maximum absolute atomic E-state index is 12.5. The molecule has 1 aromatic heterocycles. The Morgan fingerprint density at radius 3 is 2.62 bits per heavy atom. The van der Waals surface area contributed by atoms with Crippen molar-refractivity contribution in [1.29, 1.82) is 0 Å². The van der Waals surface area contributed by atoms with Crippen LogP contribution in [0.3, 0.4) is 0 Å². The first-order chi connectivity index (χ1) is 12.5. The highest BCUT2D eigenvalue weighted by atomic mass is 16.5. The summed E-state index contributed by atoms with van der Waals surface area (Å²) in [6.07, 6.45) is 2.04. The van der Waals surface area contributed by atoms with Gasteiger partial charge in [-0.25, -0.2) is 4.98 Å². The Kier molecular flexibility index (Phi) is 5.63. The van der Waals surface area contributed by atoms with Crippen LogP contribution in [0.15, 0.2) is 36.4 Å². The second-order valence-electron chi connectivity index (χ2n) is 6.53. The van der Waals surface area contributed by atoms with Crippen molar-refractivity contribution in [3.05, 3.63) is 58.9 Å². The average Bonchev–Trinajstić information content (AvgIpc) is 3.15. The molecule has 6 nitrogen and oxygen atoms in total. The standard InChI is InChI=1S/C20H23N3O3/c1-13-8-9-16(14(2)11-13)23-20(25)18-7-3-6-17(22-18)19(24)21-12-15-5-4-10-26-15/h3,6-9,11,15H,4-5,10,12H2,1-2H3,(H,21,24)(H,23,25). The van der Waals surface area contributed by atoms with Crippen molar-refractivity contribution in [2.45, 2.75) is 32.8 Å². The third-order valence-corrected chi connectivity index (χ3v) is 4.36. The fourth-order valence-electron chi connectivity index (χ4n) is 2.93. The molecule has 2 N–H and O–H groups in total. The lowest BCUT2D eigenvalue weighted by atomic mass is 10.1. The van der Waals surface area contributed by atoms with E-state index in [1.807, 2.05) is 32.0 Å². The number of aryl methyl sites for hydroxylation is 2. The van der Waals surface area contributed by atoms with Crippen LogP contribution in [0.2, 0.25) is 0 Å². The summed E-state index contributed by atoms with van der Waals surface area (Å²) in [5.41, 5.74) is 3.26. The molecular formula is C20H23N3O3. The number of carbonyl (C=O) groups is 2. The number of anilines is 1. The zero-order valence-corrected chi connectivity index (χ0v) is 15.0. The molecule has 3 rings (SSSR count). The van der Waals surface area contributed by atoms with E-state index in [2.05, 4.69) is 15.6 Å². The second-order valence-corrected chi connectivity index (χ2v) is 6.53. The predicted molar refractivity (Wildman–Crippen MR) is 99.4 cm³/mol. The van der Waals surface area contributed by atoms with E-state index in [9.17, 15) is 9.59 Å². The predicted octanol–water partition coefficient (Wildman–Crippen LogP) is 2.86. The van der Waals surface area contributed by atoms with E-state index in [-0.39, 0.29) is 29.3 Å². The van der Waals surface area contributed by atoms with E-state index in [4.69, 9.17) is 4.74 Å². The molecule has 1 aromatic carbocycles. The third-order valence-electron chi connectivity index (χ3n) is 4.36. The van der Waals surface area contributed by atoms with Crippen LogP contribution in [0, 0.1) is 13.8 Å². The van der Waals surface area contributed by atoms with Gasteiger partial charge in [-0.05, 0) is 50.5 Å². The summed E-state index contributed by atoms with van der Waals surface area (Å²) >= 11 is 0. The van der Waals surface area contributed by atoms with Gasteiger partial charge in [0.25, 0.3) is 11.8 Å². The van der Waals surface area contributed by atoms with Gasteiger partial charge >= 0.3 is 0 Å². The van der Waals surface area contributed by atoms with Crippen molar-refractivity contribution in [2.24, 2.45) is 0 Å². The maximum atomic E-state index is 12.5. The van der Waals surface area contributed by atoms with Gasteiger partial charge in [0.05, 0.1) is 6.10 Å². The van der Waals surface area contributed by atoms with Gasteiger partial charge < -0.3 is 15.4 Å². The molecule has 1 aliphatic heterocycles. The summed E-state index contributed by atoms with van der Waals surface area (Å²) in [7, 11) is 0. The zero-order chi connectivity index (χ0) is 18.5. The van der Waals surface area contributed by atoms with Crippen LogP contribution in [-0.4, -0.2) is 36.1 Å². The number of carbonyl (C=O) groups excluding carboxylic acids is 2. The maximum Gasteiger partial charge on any atom is 0.274 e. The molecule has 0 aliphatic carbocycles. The number of aromatic nitrogens is 1. The number of nitrogens with zero attached hydrogens (tertiary/aromatic N) is 1. The number of rotatable bonds is 5. The number of hydrogen-bond donors (Lipinski definition) is 2. The molecule has 1 atom stereocenters.